The van der Waals surface area contributed by atoms with Crippen LogP contribution in [0.15, 0.2) is 30.6 Å². The highest BCUT2D eigenvalue weighted by molar-refractivity contribution is 7.16. The molecule has 0 saturated carbocycles. The Morgan fingerprint density at radius 1 is 1.42 bits per heavy atom. The third-order valence-corrected chi connectivity index (χ3v) is 4.12. The quantitative estimate of drug-likeness (QED) is 0.910. The fourth-order valence-electron chi connectivity index (χ4n) is 1.70. The van der Waals surface area contributed by atoms with Gasteiger partial charge in [0, 0.05) is 30.0 Å². The molecule has 0 aliphatic rings. The van der Waals surface area contributed by atoms with Crippen molar-refractivity contribution in [3.8, 4) is 0 Å². The Kier molecular flexibility index (Phi) is 4.39. The molecule has 100 valence electrons. The van der Waals surface area contributed by atoms with Crippen molar-refractivity contribution in [2.24, 2.45) is 0 Å². The molecule has 2 aromatic heterocycles. The number of hydrogen-bond acceptors (Lipinski definition) is 4. The molecule has 2 aromatic rings. The van der Waals surface area contributed by atoms with Gasteiger partial charge in [0.05, 0.1) is 15.9 Å². The molecule has 0 saturated heterocycles. The summed E-state index contributed by atoms with van der Waals surface area (Å²) in [6.45, 7) is 1.93. The molecule has 4 nitrogen and oxygen atoms in total. The number of halogens is 1. The van der Waals surface area contributed by atoms with Gasteiger partial charge in [-0.05, 0) is 25.1 Å². The van der Waals surface area contributed by atoms with Crippen molar-refractivity contribution in [2.75, 3.05) is 12.4 Å². The molecule has 1 unspecified atom stereocenters. The van der Waals surface area contributed by atoms with Gasteiger partial charge in [0.1, 0.15) is 0 Å². The van der Waals surface area contributed by atoms with E-state index in [0.29, 0.717) is 9.90 Å². The molecule has 0 aliphatic carbocycles. The molecule has 1 atom stereocenters. The summed E-state index contributed by atoms with van der Waals surface area (Å²) < 4.78 is 0.716. The molecule has 0 fully saturated rings. The lowest BCUT2D eigenvalue weighted by Crippen LogP contribution is -2.26. The number of nitrogens with one attached hydrogen (secondary N) is 2. The van der Waals surface area contributed by atoms with Crippen LogP contribution in [0.5, 0.6) is 0 Å². The minimum atomic E-state index is -0.158. The van der Waals surface area contributed by atoms with Crippen molar-refractivity contribution < 1.29 is 4.79 Å². The van der Waals surface area contributed by atoms with Gasteiger partial charge in [0.2, 0.25) is 0 Å². The summed E-state index contributed by atoms with van der Waals surface area (Å²) in [5, 5.41) is 5.91. The van der Waals surface area contributed by atoms with Crippen molar-refractivity contribution in [1.82, 2.24) is 10.3 Å². The van der Waals surface area contributed by atoms with Crippen LogP contribution in [-0.4, -0.2) is 17.9 Å². The number of thiophene rings is 1. The van der Waals surface area contributed by atoms with Crippen molar-refractivity contribution >= 4 is 34.5 Å². The van der Waals surface area contributed by atoms with Crippen LogP contribution in [0.2, 0.25) is 4.34 Å². The summed E-state index contributed by atoms with van der Waals surface area (Å²) in [6.07, 6.45) is 3.19. The lowest BCUT2D eigenvalue weighted by Gasteiger charge is -2.14. The van der Waals surface area contributed by atoms with Gasteiger partial charge in [0.15, 0.2) is 0 Å². The lowest BCUT2D eigenvalue weighted by molar-refractivity contribution is 0.0941. The summed E-state index contributed by atoms with van der Waals surface area (Å²) in [5.41, 5.74) is 1.28. The molecule has 0 bridgehead atoms. The number of anilines is 1. The summed E-state index contributed by atoms with van der Waals surface area (Å²) in [5.74, 6) is -0.158. The van der Waals surface area contributed by atoms with Gasteiger partial charge in [-0.25, -0.2) is 0 Å². The molecule has 19 heavy (non-hydrogen) atoms. The Morgan fingerprint density at radius 2 is 2.21 bits per heavy atom. The second-order valence-corrected chi connectivity index (χ2v) is 5.75. The summed E-state index contributed by atoms with van der Waals surface area (Å²) in [7, 11) is 1.77. The predicted molar refractivity (Wildman–Crippen MR) is 79.0 cm³/mol. The summed E-state index contributed by atoms with van der Waals surface area (Å²) in [4.78, 5) is 17.2. The largest absolute Gasteiger partial charge is 0.387 e. The average Bonchev–Trinajstić information content (AvgIpc) is 2.85. The molecular formula is C13H14ClN3OS. The van der Waals surface area contributed by atoms with E-state index in [1.54, 1.807) is 25.5 Å². The van der Waals surface area contributed by atoms with Crippen molar-refractivity contribution in [3.63, 3.8) is 0 Å². The third kappa shape index (κ3) is 3.24. The van der Waals surface area contributed by atoms with Crippen LogP contribution < -0.4 is 10.6 Å². The van der Waals surface area contributed by atoms with E-state index in [1.165, 1.54) is 11.3 Å². The second-order valence-electron chi connectivity index (χ2n) is 4.01. The van der Waals surface area contributed by atoms with Crippen LogP contribution in [0.3, 0.4) is 0 Å². The zero-order chi connectivity index (χ0) is 13.8. The standard InChI is InChI=1S/C13H14ClN3OS/c1-8(11-3-4-12(14)19-11)17-13(18)9-7-16-6-5-10(9)15-2/h3-8H,1-2H3,(H,15,16)(H,17,18). The van der Waals surface area contributed by atoms with Crippen LogP contribution >= 0.6 is 22.9 Å². The Balaban J connectivity index is 2.12. The van der Waals surface area contributed by atoms with E-state index in [4.69, 9.17) is 11.6 Å². The smallest absolute Gasteiger partial charge is 0.255 e. The van der Waals surface area contributed by atoms with E-state index in [0.717, 1.165) is 10.6 Å². The van der Waals surface area contributed by atoms with E-state index in [-0.39, 0.29) is 11.9 Å². The van der Waals surface area contributed by atoms with Crippen molar-refractivity contribution in [3.05, 3.63) is 45.4 Å². The van der Waals surface area contributed by atoms with Gasteiger partial charge in [-0.3, -0.25) is 9.78 Å². The maximum Gasteiger partial charge on any atom is 0.255 e. The number of carbonyl (C=O) groups excluding carboxylic acids is 1. The fourth-order valence-corrected chi connectivity index (χ4v) is 2.76. The lowest BCUT2D eigenvalue weighted by atomic mass is 10.2. The highest BCUT2D eigenvalue weighted by Crippen LogP contribution is 2.27. The zero-order valence-corrected chi connectivity index (χ0v) is 12.2. The van der Waals surface area contributed by atoms with Crippen LogP contribution in [0, 0.1) is 0 Å². The number of pyridine rings is 1. The molecule has 0 radical (unpaired) electrons. The highest BCUT2D eigenvalue weighted by Gasteiger charge is 2.15. The normalized spacial score (nSPS) is 11.9. The first-order valence-electron chi connectivity index (χ1n) is 5.79. The first kappa shape index (κ1) is 13.8. The first-order chi connectivity index (χ1) is 9.11. The number of carbonyl (C=O) groups is 1. The minimum absolute atomic E-state index is 0.0880. The van der Waals surface area contributed by atoms with Crippen LogP contribution in [0.4, 0.5) is 5.69 Å². The monoisotopic (exact) mass is 295 g/mol. The van der Waals surface area contributed by atoms with Crippen LogP contribution in [0.25, 0.3) is 0 Å². The van der Waals surface area contributed by atoms with Crippen LogP contribution in [0.1, 0.15) is 28.2 Å². The Hall–Kier alpha value is -1.59. The van der Waals surface area contributed by atoms with Crippen LogP contribution in [-0.2, 0) is 0 Å². The number of amides is 1. The molecule has 2 heterocycles. The number of aromatic nitrogens is 1. The van der Waals surface area contributed by atoms with Crippen molar-refractivity contribution in [2.45, 2.75) is 13.0 Å². The highest BCUT2D eigenvalue weighted by atomic mass is 35.5. The number of rotatable bonds is 4. The van der Waals surface area contributed by atoms with Crippen molar-refractivity contribution in [1.29, 1.82) is 0 Å². The molecule has 1 amide bonds. The summed E-state index contributed by atoms with van der Waals surface area (Å²) >= 11 is 7.35. The molecule has 0 spiro atoms. The molecule has 0 aromatic carbocycles. The predicted octanol–water partition coefficient (Wildman–Crippen LogP) is 3.33. The molecular weight excluding hydrogens is 282 g/mol. The van der Waals surface area contributed by atoms with Gasteiger partial charge in [-0.15, -0.1) is 11.3 Å². The van der Waals surface area contributed by atoms with Gasteiger partial charge in [-0.2, -0.15) is 0 Å². The summed E-state index contributed by atoms with van der Waals surface area (Å²) in [6, 6.07) is 5.42. The Labute approximate surface area is 120 Å². The number of nitrogens with zero attached hydrogens (tertiary/aromatic N) is 1. The van der Waals surface area contributed by atoms with E-state index >= 15 is 0 Å². The SMILES string of the molecule is CNc1ccncc1C(=O)NC(C)c1ccc(Cl)s1. The van der Waals surface area contributed by atoms with Gasteiger partial charge in [0.25, 0.3) is 5.91 Å². The van der Waals surface area contributed by atoms with Gasteiger partial charge < -0.3 is 10.6 Å². The van der Waals surface area contributed by atoms with Gasteiger partial charge >= 0.3 is 0 Å². The zero-order valence-electron chi connectivity index (χ0n) is 10.6. The Bertz CT molecular complexity index is 585. The molecule has 2 rings (SSSR count). The average molecular weight is 296 g/mol. The van der Waals surface area contributed by atoms with E-state index in [9.17, 15) is 4.79 Å². The third-order valence-electron chi connectivity index (χ3n) is 2.70. The molecule has 2 N–H and O–H groups in total. The van der Waals surface area contributed by atoms with E-state index in [1.807, 2.05) is 19.1 Å². The Morgan fingerprint density at radius 3 is 2.84 bits per heavy atom. The number of hydrogen-bond donors (Lipinski definition) is 2. The maximum atomic E-state index is 12.2. The first-order valence-corrected chi connectivity index (χ1v) is 6.99. The fraction of sp³-hybridized carbons (Fsp3) is 0.231. The molecule has 0 aliphatic heterocycles. The minimum Gasteiger partial charge on any atom is -0.387 e. The van der Waals surface area contributed by atoms with Gasteiger partial charge in [-0.1, -0.05) is 11.6 Å². The second kappa shape index (κ2) is 6.04. The van der Waals surface area contributed by atoms with E-state index < -0.39 is 0 Å². The molecule has 6 heteroatoms. The maximum absolute atomic E-state index is 12.2. The van der Waals surface area contributed by atoms with E-state index in [2.05, 4.69) is 15.6 Å². The topological polar surface area (TPSA) is 54.0 Å².